The molecule has 1 N–H and O–H groups in total. The Morgan fingerprint density at radius 2 is 1.74 bits per heavy atom. The minimum atomic E-state index is -0.241. The average molecular weight is 313 g/mol. The lowest BCUT2D eigenvalue weighted by atomic mass is 10.2. The molecule has 3 rings (SSSR count). The van der Waals surface area contributed by atoms with Gasteiger partial charge in [0.2, 0.25) is 0 Å². The molecule has 0 amide bonds. The predicted octanol–water partition coefficient (Wildman–Crippen LogP) is 3.84. The molecule has 6 heteroatoms. The number of halogens is 1. The van der Waals surface area contributed by atoms with E-state index in [4.69, 9.17) is 9.47 Å². The summed E-state index contributed by atoms with van der Waals surface area (Å²) in [6, 6.07) is 8.41. The van der Waals surface area contributed by atoms with Crippen molar-refractivity contribution in [3.8, 4) is 11.5 Å². The summed E-state index contributed by atoms with van der Waals surface area (Å²) in [5, 5.41) is 3.97. The highest BCUT2D eigenvalue weighted by molar-refractivity contribution is 5.93. The molecule has 1 heterocycles. The van der Waals surface area contributed by atoms with Gasteiger partial charge in [0.15, 0.2) is 11.5 Å². The van der Waals surface area contributed by atoms with Gasteiger partial charge in [0.25, 0.3) is 0 Å². The van der Waals surface area contributed by atoms with Crippen molar-refractivity contribution in [2.45, 2.75) is 6.92 Å². The summed E-state index contributed by atoms with van der Waals surface area (Å²) in [6.45, 7) is 1.71. The van der Waals surface area contributed by atoms with Crippen LogP contribution in [0.4, 0.5) is 15.9 Å². The zero-order chi connectivity index (χ0) is 16.4. The summed E-state index contributed by atoms with van der Waals surface area (Å²) >= 11 is 0. The largest absolute Gasteiger partial charge is 0.493 e. The first-order chi connectivity index (χ1) is 11.1. The van der Waals surface area contributed by atoms with E-state index >= 15 is 0 Å². The quantitative estimate of drug-likeness (QED) is 0.793. The van der Waals surface area contributed by atoms with Gasteiger partial charge in [-0.25, -0.2) is 14.4 Å². The van der Waals surface area contributed by atoms with Gasteiger partial charge in [0.05, 0.1) is 19.7 Å². The van der Waals surface area contributed by atoms with E-state index in [0.717, 1.165) is 16.6 Å². The number of rotatable bonds is 4. The lowest BCUT2D eigenvalue weighted by Crippen LogP contribution is -1.98. The molecule has 0 saturated carbocycles. The number of ether oxygens (including phenoxy) is 2. The Hall–Kier alpha value is -2.89. The summed E-state index contributed by atoms with van der Waals surface area (Å²) in [6.07, 6.45) is 1.47. The van der Waals surface area contributed by atoms with Gasteiger partial charge in [-0.05, 0) is 36.8 Å². The number of methoxy groups -OCH3 is 2. The van der Waals surface area contributed by atoms with Crippen LogP contribution in [0.5, 0.6) is 11.5 Å². The standard InChI is InChI=1S/C17H16FN3O2/c1-10-6-11(4-5-13(10)18)21-17-12-7-15(22-2)16(23-3)8-14(12)19-9-20-17/h4-9H,1-3H3,(H,19,20,21). The summed E-state index contributed by atoms with van der Waals surface area (Å²) in [7, 11) is 3.15. The third kappa shape index (κ3) is 2.88. The van der Waals surface area contributed by atoms with Crippen LogP contribution >= 0.6 is 0 Å². The SMILES string of the molecule is COc1cc2ncnc(Nc3ccc(F)c(C)c3)c2cc1OC. The highest BCUT2D eigenvalue weighted by Gasteiger charge is 2.11. The molecule has 0 bridgehead atoms. The fourth-order valence-electron chi connectivity index (χ4n) is 2.34. The van der Waals surface area contributed by atoms with Crippen LogP contribution in [-0.2, 0) is 0 Å². The first-order valence-corrected chi connectivity index (χ1v) is 7.02. The Balaban J connectivity index is 2.08. The summed E-state index contributed by atoms with van der Waals surface area (Å²) in [5.41, 5.74) is 2.03. The Morgan fingerprint density at radius 1 is 1.00 bits per heavy atom. The first-order valence-electron chi connectivity index (χ1n) is 7.02. The Morgan fingerprint density at radius 3 is 2.43 bits per heavy atom. The number of aryl methyl sites for hydroxylation is 1. The van der Waals surface area contributed by atoms with E-state index in [2.05, 4.69) is 15.3 Å². The third-order valence-corrected chi connectivity index (χ3v) is 3.56. The van der Waals surface area contributed by atoms with Crippen LogP contribution < -0.4 is 14.8 Å². The number of nitrogens with zero attached hydrogens (tertiary/aromatic N) is 2. The molecule has 1 aromatic heterocycles. The van der Waals surface area contributed by atoms with Crippen LogP contribution in [0.25, 0.3) is 10.9 Å². The maximum Gasteiger partial charge on any atom is 0.162 e. The van der Waals surface area contributed by atoms with Crippen molar-refractivity contribution in [3.05, 3.63) is 48.0 Å². The number of hydrogen-bond acceptors (Lipinski definition) is 5. The van der Waals surface area contributed by atoms with Gasteiger partial charge < -0.3 is 14.8 Å². The van der Waals surface area contributed by atoms with Crippen molar-refractivity contribution >= 4 is 22.4 Å². The van der Waals surface area contributed by atoms with Gasteiger partial charge in [0.1, 0.15) is 18.0 Å². The topological polar surface area (TPSA) is 56.3 Å². The molecule has 0 radical (unpaired) electrons. The van der Waals surface area contributed by atoms with Crippen LogP contribution in [0.3, 0.4) is 0 Å². The molecule has 0 aliphatic heterocycles. The number of fused-ring (bicyclic) bond motifs is 1. The highest BCUT2D eigenvalue weighted by Crippen LogP contribution is 2.34. The molecule has 5 nitrogen and oxygen atoms in total. The smallest absolute Gasteiger partial charge is 0.162 e. The molecular weight excluding hydrogens is 297 g/mol. The molecular formula is C17H16FN3O2. The molecule has 23 heavy (non-hydrogen) atoms. The molecule has 2 aromatic carbocycles. The van der Waals surface area contributed by atoms with E-state index in [1.54, 1.807) is 39.3 Å². The molecule has 0 unspecified atom stereocenters. The number of nitrogens with one attached hydrogen (secondary N) is 1. The van der Waals surface area contributed by atoms with Crippen molar-refractivity contribution in [2.75, 3.05) is 19.5 Å². The van der Waals surface area contributed by atoms with E-state index in [-0.39, 0.29) is 5.82 Å². The molecule has 0 aliphatic rings. The molecule has 0 atom stereocenters. The summed E-state index contributed by atoms with van der Waals surface area (Å²) in [4.78, 5) is 8.53. The van der Waals surface area contributed by atoms with Crippen LogP contribution in [0.15, 0.2) is 36.7 Å². The second-order valence-corrected chi connectivity index (χ2v) is 5.04. The van der Waals surface area contributed by atoms with E-state index < -0.39 is 0 Å². The van der Waals surface area contributed by atoms with Crippen LogP contribution in [0.1, 0.15) is 5.56 Å². The number of hydrogen-bond donors (Lipinski definition) is 1. The minimum absolute atomic E-state index is 0.241. The van der Waals surface area contributed by atoms with Crippen molar-refractivity contribution in [3.63, 3.8) is 0 Å². The molecule has 0 aliphatic carbocycles. The Kier molecular flexibility index (Phi) is 3.97. The van der Waals surface area contributed by atoms with Crippen LogP contribution in [0.2, 0.25) is 0 Å². The van der Waals surface area contributed by atoms with Crippen molar-refractivity contribution < 1.29 is 13.9 Å². The average Bonchev–Trinajstić information content (AvgIpc) is 2.57. The molecule has 118 valence electrons. The Bertz CT molecular complexity index is 868. The normalized spacial score (nSPS) is 10.6. The highest BCUT2D eigenvalue weighted by atomic mass is 19.1. The van der Waals surface area contributed by atoms with Crippen molar-refractivity contribution in [1.82, 2.24) is 9.97 Å². The minimum Gasteiger partial charge on any atom is -0.493 e. The van der Waals surface area contributed by atoms with E-state index in [0.29, 0.717) is 22.9 Å². The number of benzene rings is 2. The zero-order valence-corrected chi connectivity index (χ0v) is 13.1. The predicted molar refractivity (Wildman–Crippen MR) is 87.1 cm³/mol. The Labute approximate surface area is 133 Å². The van der Waals surface area contributed by atoms with Crippen molar-refractivity contribution in [1.29, 1.82) is 0 Å². The lowest BCUT2D eigenvalue weighted by Gasteiger charge is -2.12. The van der Waals surface area contributed by atoms with Crippen LogP contribution in [0, 0.1) is 12.7 Å². The van der Waals surface area contributed by atoms with Gasteiger partial charge in [-0.1, -0.05) is 0 Å². The first kappa shape index (κ1) is 15.0. The van der Waals surface area contributed by atoms with Gasteiger partial charge in [-0.3, -0.25) is 0 Å². The van der Waals surface area contributed by atoms with Gasteiger partial charge in [-0.2, -0.15) is 0 Å². The number of anilines is 2. The molecule has 0 spiro atoms. The third-order valence-electron chi connectivity index (χ3n) is 3.56. The van der Waals surface area contributed by atoms with Gasteiger partial charge in [-0.15, -0.1) is 0 Å². The maximum absolute atomic E-state index is 13.4. The number of aromatic nitrogens is 2. The van der Waals surface area contributed by atoms with E-state index in [1.807, 2.05) is 6.07 Å². The fourth-order valence-corrected chi connectivity index (χ4v) is 2.34. The van der Waals surface area contributed by atoms with Gasteiger partial charge in [0, 0.05) is 17.1 Å². The monoisotopic (exact) mass is 313 g/mol. The summed E-state index contributed by atoms with van der Waals surface area (Å²) in [5.74, 6) is 1.56. The second kappa shape index (κ2) is 6.08. The van der Waals surface area contributed by atoms with Crippen LogP contribution in [-0.4, -0.2) is 24.2 Å². The molecule has 0 saturated heterocycles. The lowest BCUT2D eigenvalue weighted by molar-refractivity contribution is 0.356. The summed E-state index contributed by atoms with van der Waals surface area (Å²) < 4.78 is 24.0. The molecule has 0 fully saturated rings. The second-order valence-electron chi connectivity index (χ2n) is 5.04. The van der Waals surface area contributed by atoms with Gasteiger partial charge >= 0.3 is 0 Å². The van der Waals surface area contributed by atoms with E-state index in [1.165, 1.54) is 12.4 Å². The fraction of sp³-hybridized carbons (Fsp3) is 0.176. The maximum atomic E-state index is 13.4. The molecule has 3 aromatic rings. The van der Waals surface area contributed by atoms with E-state index in [9.17, 15) is 4.39 Å². The van der Waals surface area contributed by atoms with Crippen molar-refractivity contribution in [2.24, 2.45) is 0 Å². The zero-order valence-electron chi connectivity index (χ0n) is 13.1.